The number of ether oxygens (including phenoxy) is 1. The molecular weight excluding hydrogens is 266 g/mol. The number of hydrogen-bond donors (Lipinski definition) is 2. The number of unbranched alkanes of at least 4 members (excludes halogenated alkanes) is 1. The van der Waals surface area contributed by atoms with Crippen molar-refractivity contribution >= 4 is 15.8 Å². The van der Waals surface area contributed by atoms with Crippen molar-refractivity contribution in [3.05, 3.63) is 18.3 Å². The molecule has 0 amide bonds. The lowest BCUT2D eigenvalue weighted by Crippen LogP contribution is -2.25. The van der Waals surface area contributed by atoms with Crippen LogP contribution in [0.15, 0.2) is 23.2 Å². The molecule has 0 aliphatic carbocycles. The van der Waals surface area contributed by atoms with Crippen LogP contribution < -0.4 is 10.0 Å². The topological polar surface area (TPSA) is 80.3 Å². The Morgan fingerprint density at radius 2 is 2.16 bits per heavy atom. The molecule has 108 valence electrons. The second-order valence-corrected chi connectivity index (χ2v) is 5.77. The fraction of sp³-hybridized carbons (Fsp3) is 0.583. The molecule has 0 saturated carbocycles. The average Bonchev–Trinajstić information content (AvgIpc) is 2.39. The van der Waals surface area contributed by atoms with Gasteiger partial charge in [-0.3, -0.25) is 0 Å². The Morgan fingerprint density at radius 1 is 1.37 bits per heavy atom. The first-order valence-corrected chi connectivity index (χ1v) is 7.77. The maximum absolute atomic E-state index is 12.0. The molecule has 7 heteroatoms. The van der Waals surface area contributed by atoms with Gasteiger partial charge >= 0.3 is 0 Å². The molecule has 19 heavy (non-hydrogen) atoms. The zero-order chi connectivity index (χ0) is 14.1. The summed E-state index contributed by atoms with van der Waals surface area (Å²) in [5.41, 5.74) is 0. The second-order valence-electron chi connectivity index (χ2n) is 4.00. The van der Waals surface area contributed by atoms with Crippen molar-refractivity contribution in [1.29, 1.82) is 0 Å². The van der Waals surface area contributed by atoms with Crippen molar-refractivity contribution in [3.8, 4) is 0 Å². The van der Waals surface area contributed by atoms with Gasteiger partial charge in [-0.2, -0.15) is 0 Å². The van der Waals surface area contributed by atoms with Gasteiger partial charge in [-0.1, -0.05) is 0 Å². The van der Waals surface area contributed by atoms with Crippen LogP contribution in [-0.4, -0.2) is 40.2 Å². The SMILES string of the molecule is CCNc1cc(S(=O)(=O)NCCCCOC)ccn1. The molecule has 1 aromatic heterocycles. The summed E-state index contributed by atoms with van der Waals surface area (Å²) in [6, 6.07) is 3.01. The standard InChI is InChI=1S/C12H21N3O3S/c1-3-13-12-10-11(6-8-14-12)19(16,17)15-7-4-5-9-18-2/h6,8,10,15H,3-5,7,9H2,1-2H3,(H,13,14). The number of anilines is 1. The minimum absolute atomic E-state index is 0.227. The Hall–Kier alpha value is -1.18. The maximum atomic E-state index is 12.0. The van der Waals surface area contributed by atoms with Crippen LogP contribution in [0.5, 0.6) is 0 Å². The van der Waals surface area contributed by atoms with E-state index in [9.17, 15) is 8.42 Å². The third kappa shape index (κ3) is 5.54. The Kier molecular flexibility index (Phi) is 6.75. The second kappa shape index (κ2) is 8.08. The van der Waals surface area contributed by atoms with Crippen molar-refractivity contribution in [2.45, 2.75) is 24.7 Å². The summed E-state index contributed by atoms with van der Waals surface area (Å²) >= 11 is 0. The normalized spacial score (nSPS) is 11.5. The summed E-state index contributed by atoms with van der Waals surface area (Å²) in [5.74, 6) is 0.560. The van der Waals surface area contributed by atoms with Crippen molar-refractivity contribution in [2.75, 3.05) is 32.1 Å². The predicted molar refractivity (Wildman–Crippen MR) is 74.7 cm³/mol. The van der Waals surface area contributed by atoms with E-state index in [0.717, 1.165) is 12.8 Å². The van der Waals surface area contributed by atoms with E-state index in [1.165, 1.54) is 18.3 Å². The van der Waals surface area contributed by atoms with Crippen molar-refractivity contribution in [3.63, 3.8) is 0 Å². The molecule has 6 nitrogen and oxygen atoms in total. The van der Waals surface area contributed by atoms with E-state index in [0.29, 0.717) is 25.5 Å². The number of aromatic nitrogens is 1. The van der Waals surface area contributed by atoms with Gasteiger partial charge in [0.25, 0.3) is 0 Å². The number of sulfonamides is 1. The van der Waals surface area contributed by atoms with Crippen molar-refractivity contribution in [1.82, 2.24) is 9.71 Å². The van der Waals surface area contributed by atoms with Crippen LogP contribution in [0.2, 0.25) is 0 Å². The Balaban J connectivity index is 2.58. The van der Waals surface area contributed by atoms with Crippen LogP contribution >= 0.6 is 0 Å². The van der Waals surface area contributed by atoms with Crippen LogP contribution in [0.1, 0.15) is 19.8 Å². The molecule has 1 heterocycles. The van der Waals surface area contributed by atoms with Crippen LogP contribution in [-0.2, 0) is 14.8 Å². The highest BCUT2D eigenvalue weighted by Gasteiger charge is 2.13. The molecule has 0 atom stereocenters. The summed E-state index contributed by atoms with van der Waals surface area (Å²) in [6.45, 7) is 3.67. The quantitative estimate of drug-likeness (QED) is 0.667. The van der Waals surface area contributed by atoms with Gasteiger partial charge in [0, 0.05) is 39.1 Å². The predicted octanol–water partition coefficient (Wildman–Crippen LogP) is 1.22. The smallest absolute Gasteiger partial charge is 0.240 e. The third-order valence-electron chi connectivity index (χ3n) is 2.47. The Labute approximate surface area is 114 Å². The highest BCUT2D eigenvalue weighted by Crippen LogP contribution is 2.12. The highest BCUT2D eigenvalue weighted by atomic mass is 32.2. The van der Waals surface area contributed by atoms with Gasteiger partial charge in [0.15, 0.2) is 0 Å². The number of nitrogens with zero attached hydrogens (tertiary/aromatic N) is 1. The minimum Gasteiger partial charge on any atom is -0.385 e. The van der Waals surface area contributed by atoms with Gasteiger partial charge in [-0.05, 0) is 25.8 Å². The minimum atomic E-state index is -3.46. The highest BCUT2D eigenvalue weighted by molar-refractivity contribution is 7.89. The molecule has 0 radical (unpaired) electrons. The molecule has 0 saturated heterocycles. The van der Waals surface area contributed by atoms with E-state index in [4.69, 9.17) is 4.74 Å². The first-order chi connectivity index (χ1) is 9.10. The summed E-state index contributed by atoms with van der Waals surface area (Å²) in [7, 11) is -1.83. The van der Waals surface area contributed by atoms with Crippen molar-refractivity contribution in [2.24, 2.45) is 0 Å². The van der Waals surface area contributed by atoms with E-state index in [-0.39, 0.29) is 4.90 Å². The number of methoxy groups -OCH3 is 1. The molecular formula is C12H21N3O3S. The molecule has 0 spiro atoms. The molecule has 0 aliphatic heterocycles. The van der Waals surface area contributed by atoms with Gasteiger partial charge in [0.2, 0.25) is 10.0 Å². The molecule has 1 aromatic rings. The maximum Gasteiger partial charge on any atom is 0.240 e. The summed E-state index contributed by atoms with van der Waals surface area (Å²) in [5, 5.41) is 2.98. The summed E-state index contributed by atoms with van der Waals surface area (Å²) in [4.78, 5) is 4.27. The molecule has 2 N–H and O–H groups in total. The Bertz CT molecular complexity index is 477. The van der Waals surface area contributed by atoms with E-state index in [2.05, 4.69) is 15.0 Å². The number of nitrogens with one attached hydrogen (secondary N) is 2. The van der Waals surface area contributed by atoms with Gasteiger partial charge in [0.05, 0.1) is 4.90 Å². The van der Waals surface area contributed by atoms with Crippen LogP contribution in [0.4, 0.5) is 5.82 Å². The lowest BCUT2D eigenvalue weighted by atomic mass is 10.3. The van der Waals surface area contributed by atoms with E-state index in [1.807, 2.05) is 6.92 Å². The van der Waals surface area contributed by atoms with Gasteiger partial charge in [0.1, 0.15) is 5.82 Å². The fourth-order valence-electron chi connectivity index (χ4n) is 1.52. The van der Waals surface area contributed by atoms with Crippen molar-refractivity contribution < 1.29 is 13.2 Å². The molecule has 0 bridgehead atoms. The van der Waals surface area contributed by atoms with E-state index < -0.39 is 10.0 Å². The van der Waals surface area contributed by atoms with Gasteiger partial charge in [-0.15, -0.1) is 0 Å². The lowest BCUT2D eigenvalue weighted by molar-refractivity contribution is 0.193. The Morgan fingerprint density at radius 3 is 2.84 bits per heavy atom. The third-order valence-corrected chi connectivity index (χ3v) is 3.93. The monoisotopic (exact) mass is 287 g/mol. The first-order valence-electron chi connectivity index (χ1n) is 6.28. The summed E-state index contributed by atoms with van der Waals surface area (Å²) in [6.07, 6.45) is 3.06. The molecule has 1 rings (SSSR count). The molecule has 0 fully saturated rings. The zero-order valence-electron chi connectivity index (χ0n) is 11.3. The molecule has 0 aromatic carbocycles. The fourth-order valence-corrected chi connectivity index (χ4v) is 2.60. The van der Waals surface area contributed by atoms with E-state index >= 15 is 0 Å². The largest absolute Gasteiger partial charge is 0.385 e. The molecule has 0 aliphatic rings. The van der Waals surface area contributed by atoms with Crippen LogP contribution in [0.25, 0.3) is 0 Å². The van der Waals surface area contributed by atoms with Crippen LogP contribution in [0.3, 0.4) is 0 Å². The lowest BCUT2D eigenvalue weighted by Gasteiger charge is -2.08. The number of pyridine rings is 1. The average molecular weight is 287 g/mol. The zero-order valence-corrected chi connectivity index (χ0v) is 12.2. The van der Waals surface area contributed by atoms with Gasteiger partial charge < -0.3 is 10.1 Å². The summed E-state index contributed by atoms with van der Waals surface area (Å²) < 4.78 is 31.5. The van der Waals surface area contributed by atoms with Crippen LogP contribution in [0, 0.1) is 0 Å². The number of rotatable bonds is 9. The molecule has 0 unspecified atom stereocenters. The van der Waals surface area contributed by atoms with Gasteiger partial charge in [-0.25, -0.2) is 18.1 Å². The van der Waals surface area contributed by atoms with E-state index in [1.54, 1.807) is 7.11 Å². The first kappa shape index (κ1) is 15.9. The number of hydrogen-bond acceptors (Lipinski definition) is 5.